The maximum absolute atomic E-state index is 12.0. The molecule has 0 heterocycles. The molecule has 0 aliphatic heterocycles. The summed E-state index contributed by atoms with van der Waals surface area (Å²) < 4.78 is 5.04. The van der Waals surface area contributed by atoms with Crippen LogP contribution < -0.4 is 10.1 Å². The van der Waals surface area contributed by atoms with Crippen molar-refractivity contribution in [2.75, 3.05) is 12.4 Å². The van der Waals surface area contributed by atoms with Gasteiger partial charge in [-0.1, -0.05) is 12.1 Å². The summed E-state index contributed by atoms with van der Waals surface area (Å²) >= 11 is 5.39. The van der Waals surface area contributed by atoms with Crippen molar-refractivity contribution in [1.82, 2.24) is 0 Å². The minimum atomic E-state index is -0.593. The molecular weight excluding hydrogens is 278 g/mol. The van der Waals surface area contributed by atoms with Gasteiger partial charge in [0.15, 0.2) is 0 Å². The number of carbonyl (C=O) groups excluding carboxylic acids is 2. The monoisotopic (exact) mass is 289 g/mol. The molecule has 0 saturated heterocycles. The van der Waals surface area contributed by atoms with Crippen LogP contribution in [0, 0.1) is 0 Å². The molecule has 0 bridgehead atoms. The minimum absolute atomic E-state index is 0.286. The maximum Gasteiger partial charge on any atom is 0.255 e. The molecule has 0 atom stereocenters. The highest BCUT2D eigenvalue weighted by molar-refractivity contribution is 6.67. The molecule has 0 aliphatic rings. The molecule has 20 heavy (non-hydrogen) atoms. The standard InChI is InChI=1S/C15H12ClNO3/c1-20-13-7-5-12(6-8-13)17-15(19)11-4-2-3-10(9-11)14(16)18/h2-9H,1H3,(H,17,19). The van der Waals surface area contributed by atoms with E-state index in [1.165, 1.54) is 6.07 Å². The molecule has 2 aromatic rings. The summed E-state index contributed by atoms with van der Waals surface area (Å²) in [7, 11) is 1.57. The molecule has 1 amide bonds. The third-order valence-electron chi connectivity index (χ3n) is 2.70. The smallest absolute Gasteiger partial charge is 0.255 e. The number of halogens is 1. The van der Waals surface area contributed by atoms with Gasteiger partial charge in [0.2, 0.25) is 0 Å². The summed E-state index contributed by atoms with van der Waals surface area (Å²) in [6, 6.07) is 13.2. The lowest BCUT2D eigenvalue weighted by Gasteiger charge is -2.07. The summed E-state index contributed by atoms with van der Waals surface area (Å²) in [6.45, 7) is 0. The Morgan fingerprint density at radius 2 is 1.70 bits per heavy atom. The van der Waals surface area contributed by atoms with Gasteiger partial charge in [-0.05, 0) is 48.0 Å². The molecule has 0 aromatic heterocycles. The van der Waals surface area contributed by atoms with E-state index in [-0.39, 0.29) is 11.5 Å². The average Bonchev–Trinajstić information content (AvgIpc) is 2.48. The topological polar surface area (TPSA) is 55.4 Å². The lowest BCUT2D eigenvalue weighted by molar-refractivity contribution is 0.102. The van der Waals surface area contributed by atoms with Crippen LogP contribution in [0.15, 0.2) is 48.5 Å². The zero-order valence-electron chi connectivity index (χ0n) is 10.7. The molecule has 0 saturated carbocycles. The van der Waals surface area contributed by atoms with Gasteiger partial charge in [0, 0.05) is 16.8 Å². The van der Waals surface area contributed by atoms with Crippen molar-refractivity contribution < 1.29 is 14.3 Å². The highest BCUT2D eigenvalue weighted by atomic mass is 35.5. The fraction of sp³-hybridized carbons (Fsp3) is 0.0667. The molecule has 2 aromatic carbocycles. The molecule has 0 spiro atoms. The number of nitrogens with one attached hydrogen (secondary N) is 1. The zero-order chi connectivity index (χ0) is 14.5. The SMILES string of the molecule is COc1ccc(NC(=O)c2cccc(C(=O)Cl)c2)cc1. The molecule has 102 valence electrons. The number of anilines is 1. The Kier molecular flexibility index (Phi) is 4.38. The Bertz CT molecular complexity index is 638. The van der Waals surface area contributed by atoms with Gasteiger partial charge >= 0.3 is 0 Å². The molecule has 0 unspecified atom stereocenters. The van der Waals surface area contributed by atoms with Crippen LogP contribution in [0.5, 0.6) is 5.75 Å². The predicted molar refractivity (Wildman–Crippen MR) is 77.6 cm³/mol. The van der Waals surface area contributed by atoms with Crippen LogP contribution in [0.1, 0.15) is 20.7 Å². The van der Waals surface area contributed by atoms with Gasteiger partial charge in [-0.2, -0.15) is 0 Å². The normalized spacial score (nSPS) is 9.90. The molecule has 5 heteroatoms. The Morgan fingerprint density at radius 3 is 2.30 bits per heavy atom. The summed E-state index contributed by atoms with van der Waals surface area (Å²) in [5.41, 5.74) is 1.29. The Balaban J connectivity index is 2.14. The van der Waals surface area contributed by atoms with E-state index in [1.54, 1.807) is 49.6 Å². The van der Waals surface area contributed by atoms with Crippen LogP contribution in [0.4, 0.5) is 5.69 Å². The number of methoxy groups -OCH3 is 1. The number of benzene rings is 2. The minimum Gasteiger partial charge on any atom is -0.497 e. The van der Waals surface area contributed by atoms with Crippen LogP contribution in [0.2, 0.25) is 0 Å². The first kappa shape index (κ1) is 14.1. The van der Waals surface area contributed by atoms with E-state index in [4.69, 9.17) is 16.3 Å². The van der Waals surface area contributed by atoms with Crippen LogP contribution in [-0.2, 0) is 0 Å². The lowest BCUT2D eigenvalue weighted by atomic mass is 10.1. The van der Waals surface area contributed by atoms with E-state index in [0.29, 0.717) is 17.0 Å². The van der Waals surface area contributed by atoms with Crippen molar-refractivity contribution in [3.8, 4) is 5.75 Å². The number of hydrogen-bond donors (Lipinski definition) is 1. The maximum atomic E-state index is 12.0. The summed E-state index contributed by atoms with van der Waals surface area (Å²) in [5.74, 6) is 0.396. The fourth-order valence-electron chi connectivity index (χ4n) is 1.66. The van der Waals surface area contributed by atoms with E-state index in [1.807, 2.05) is 0 Å². The van der Waals surface area contributed by atoms with Crippen LogP contribution in [0.25, 0.3) is 0 Å². The van der Waals surface area contributed by atoms with E-state index < -0.39 is 5.24 Å². The number of carbonyl (C=O) groups is 2. The third kappa shape index (κ3) is 3.36. The van der Waals surface area contributed by atoms with Gasteiger partial charge in [-0.25, -0.2) is 0 Å². The molecule has 0 radical (unpaired) electrons. The Hall–Kier alpha value is -2.33. The third-order valence-corrected chi connectivity index (χ3v) is 2.92. The molecule has 4 nitrogen and oxygen atoms in total. The van der Waals surface area contributed by atoms with E-state index in [2.05, 4.69) is 5.32 Å². The van der Waals surface area contributed by atoms with Crippen molar-refractivity contribution in [3.05, 3.63) is 59.7 Å². The molecule has 0 fully saturated rings. The van der Waals surface area contributed by atoms with Crippen molar-refractivity contribution in [2.45, 2.75) is 0 Å². The number of rotatable bonds is 4. The first-order valence-electron chi connectivity index (χ1n) is 5.85. The molecule has 2 rings (SSSR count). The predicted octanol–water partition coefficient (Wildman–Crippen LogP) is 3.33. The van der Waals surface area contributed by atoms with Crippen LogP contribution in [-0.4, -0.2) is 18.3 Å². The van der Waals surface area contributed by atoms with Gasteiger partial charge in [0.05, 0.1) is 7.11 Å². The highest BCUT2D eigenvalue weighted by Gasteiger charge is 2.09. The van der Waals surface area contributed by atoms with Gasteiger partial charge in [-0.15, -0.1) is 0 Å². The highest BCUT2D eigenvalue weighted by Crippen LogP contribution is 2.16. The first-order valence-corrected chi connectivity index (χ1v) is 6.23. The van der Waals surface area contributed by atoms with Crippen LogP contribution >= 0.6 is 11.6 Å². The second-order valence-electron chi connectivity index (χ2n) is 4.04. The zero-order valence-corrected chi connectivity index (χ0v) is 11.5. The second-order valence-corrected chi connectivity index (χ2v) is 4.38. The fourth-order valence-corrected chi connectivity index (χ4v) is 1.78. The largest absolute Gasteiger partial charge is 0.497 e. The number of hydrogen-bond acceptors (Lipinski definition) is 3. The van der Waals surface area contributed by atoms with Gasteiger partial charge in [-0.3, -0.25) is 9.59 Å². The quantitative estimate of drug-likeness (QED) is 0.879. The van der Waals surface area contributed by atoms with Crippen molar-refractivity contribution in [2.24, 2.45) is 0 Å². The van der Waals surface area contributed by atoms with Gasteiger partial charge < -0.3 is 10.1 Å². The summed E-state index contributed by atoms with van der Waals surface area (Å²) in [4.78, 5) is 23.1. The lowest BCUT2D eigenvalue weighted by Crippen LogP contribution is -2.12. The number of ether oxygens (including phenoxy) is 1. The summed E-state index contributed by atoms with van der Waals surface area (Å²) in [6.07, 6.45) is 0. The van der Waals surface area contributed by atoms with E-state index >= 15 is 0 Å². The van der Waals surface area contributed by atoms with Crippen molar-refractivity contribution in [1.29, 1.82) is 0 Å². The van der Waals surface area contributed by atoms with Crippen molar-refractivity contribution in [3.63, 3.8) is 0 Å². The Labute approximate surface area is 121 Å². The van der Waals surface area contributed by atoms with Crippen LogP contribution in [0.3, 0.4) is 0 Å². The van der Waals surface area contributed by atoms with E-state index in [9.17, 15) is 9.59 Å². The molecular formula is C15H12ClNO3. The molecule has 1 N–H and O–H groups in total. The van der Waals surface area contributed by atoms with Gasteiger partial charge in [0.1, 0.15) is 5.75 Å². The van der Waals surface area contributed by atoms with E-state index in [0.717, 1.165) is 0 Å². The van der Waals surface area contributed by atoms with Crippen molar-refractivity contribution >= 4 is 28.4 Å². The first-order chi connectivity index (χ1) is 9.60. The Morgan fingerprint density at radius 1 is 1.05 bits per heavy atom. The molecule has 0 aliphatic carbocycles. The second kappa shape index (κ2) is 6.21. The number of amides is 1. The summed E-state index contributed by atoms with van der Waals surface area (Å²) in [5, 5.41) is 2.13. The van der Waals surface area contributed by atoms with Gasteiger partial charge in [0.25, 0.3) is 11.1 Å². The average molecular weight is 290 g/mol.